The van der Waals surface area contributed by atoms with Crippen molar-refractivity contribution in [1.29, 1.82) is 0 Å². The van der Waals surface area contributed by atoms with Gasteiger partial charge < -0.3 is 24.8 Å². The second-order valence-corrected chi connectivity index (χ2v) is 6.44. The fourth-order valence-corrected chi connectivity index (χ4v) is 2.84. The molecular formula is C23H14O10. The predicted octanol–water partition coefficient (Wildman–Crippen LogP) is 3.22. The number of carboxylic acids is 3. The van der Waals surface area contributed by atoms with Gasteiger partial charge in [-0.15, -0.1) is 0 Å². The summed E-state index contributed by atoms with van der Waals surface area (Å²) in [7, 11) is 0. The molecule has 3 N–H and O–H groups in total. The van der Waals surface area contributed by atoms with E-state index in [2.05, 4.69) is 0 Å². The summed E-state index contributed by atoms with van der Waals surface area (Å²) in [5.41, 5.74) is -1.72. The van der Waals surface area contributed by atoms with E-state index in [0.717, 1.165) is 18.2 Å². The van der Waals surface area contributed by atoms with Gasteiger partial charge in [0.2, 0.25) is 0 Å². The Morgan fingerprint density at radius 2 is 0.939 bits per heavy atom. The van der Waals surface area contributed by atoms with Crippen LogP contribution in [-0.4, -0.2) is 45.2 Å². The third kappa shape index (κ3) is 5.02. The quantitative estimate of drug-likeness (QED) is 0.359. The first kappa shape index (κ1) is 22.7. The summed E-state index contributed by atoms with van der Waals surface area (Å²) in [6, 6.07) is 13.6. The van der Waals surface area contributed by atoms with Gasteiger partial charge in [-0.2, -0.15) is 0 Å². The monoisotopic (exact) mass is 450 g/mol. The molecule has 0 aromatic heterocycles. The highest BCUT2D eigenvalue weighted by Gasteiger charge is 2.23. The van der Waals surface area contributed by atoms with Crippen LogP contribution in [0.5, 0.6) is 11.5 Å². The van der Waals surface area contributed by atoms with Gasteiger partial charge >= 0.3 is 29.8 Å². The third-order valence-electron chi connectivity index (χ3n) is 4.35. The molecule has 33 heavy (non-hydrogen) atoms. The molecule has 3 aromatic rings. The van der Waals surface area contributed by atoms with Crippen molar-refractivity contribution < 1.29 is 48.8 Å². The highest BCUT2D eigenvalue weighted by molar-refractivity contribution is 6.04. The molecule has 0 amide bonds. The minimum Gasteiger partial charge on any atom is -0.478 e. The lowest BCUT2D eigenvalue weighted by Gasteiger charge is -2.11. The molecule has 0 bridgehead atoms. The van der Waals surface area contributed by atoms with E-state index in [1.807, 2.05) is 0 Å². The van der Waals surface area contributed by atoms with E-state index in [1.165, 1.54) is 48.5 Å². The maximum atomic E-state index is 12.4. The van der Waals surface area contributed by atoms with Crippen molar-refractivity contribution in [1.82, 2.24) is 0 Å². The summed E-state index contributed by atoms with van der Waals surface area (Å²) >= 11 is 0. The van der Waals surface area contributed by atoms with Gasteiger partial charge in [-0.1, -0.05) is 24.3 Å². The average Bonchev–Trinajstić information content (AvgIpc) is 2.79. The van der Waals surface area contributed by atoms with Crippen LogP contribution >= 0.6 is 0 Å². The van der Waals surface area contributed by atoms with Gasteiger partial charge in [-0.25, -0.2) is 24.0 Å². The number of esters is 2. The van der Waals surface area contributed by atoms with Crippen LogP contribution in [0.25, 0.3) is 0 Å². The molecule has 0 radical (unpaired) electrons. The van der Waals surface area contributed by atoms with Crippen LogP contribution in [0, 0.1) is 0 Å². The first-order valence-corrected chi connectivity index (χ1v) is 9.15. The van der Waals surface area contributed by atoms with Crippen molar-refractivity contribution in [2.24, 2.45) is 0 Å². The molecule has 0 saturated carbocycles. The summed E-state index contributed by atoms with van der Waals surface area (Å²) < 4.78 is 10.2. The summed E-state index contributed by atoms with van der Waals surface area (Å²) in [5, 5.41) is 27.9. The molecular weight excluding hydrogens is 436 g/mol. The van der Waals surface area contributed by atoms with Gasteiger partial charge in [0, 0.05) is 0 Å². The Kier molecular flexibility index (Phi) is 6.49. The van der Waals surface area contributed by atoms with E-state index in [9.17, 15) is 39.3 Å². The molecule has 0 aliphatic heterocycles. The minimum absolute atomic E-state index is 0.247. The number of aromatic carboxylic acids is 3. The SMILES string of the molecule is O=C(O)c1cc(OC(=O)c2ccccc2C(=O)O)ccc1OC(=O)c1ccccc1C(=O)O. The largest absolute Gasteiger partial charge is 0.478 e. The van der Waals surface area contributed by atoms with E-state index < -0.39 is 41.2 Å². The first-order valence-electron chi connectivity index (χ1n) is 9.15. The zero-order valence-electron chi connectivity index (χ0n) is 16.6. The van der Waals surface area contributed by atoms with Crippen molar-refractivity contribution in [2.45, 2.75) is 0 Å². The van der Waals surface area contributed by atoms with Crippen LogP contribution in [0.2, 0.25) is 0 Å². The smallest absolute Gasteiger partial charge is 0.344 e. The van der Waals surface area contributed by atoms with Crippen molar-refractivity contribution >= 4 is 29.8 Å². The zero-order valence-corrected chi connectivity index (χ0v) is 16.6. The maximum absolute atomic E-state index is 12.4. The van der Waals surface area contributed by atoms with Gasteiger partial charge in [0.1, 0.15) is 17.1 Å². The van der Waals surface area contributed by atoms with E-state index in [0.29, 0.717) is 0 Å². The van der Waals surface area contributed by atoms with E-state index in [-0.39, 0.29) is 28.0 Å². The van der Waals surface area contributed by atoms with Crippen LogP contribution in [0.3, 0.4) is 0 Å². The summed E-state index contributed by atoms with van der Waals surface area (Å²) in [6.07, 6.45) is 0. The van der Waals surface area contributed by atoms with Crippen LogP contribution in [0.15, 0.2) is 66.7 Å². The Bertz CT molecular complexity index is 1290. The molecule has 0 spiro atoms. The van der Waals surface area contributed by atoms with Crippen molar-refractivity contribution in [3.8, 4) is 11.5 Å². The van der Waals surface area contributed by atoms with Gasteiger partial charge in [0.05, 0.1) is 22.3 Å². The molecule has 166 valence electrons. The Labute approximate surface area is 185 Å². The van der Waals surface area contributed by atoms with Gasteiger partial charge in [-0.05, 0) is 42.5 Å². The Morgan fingerprint density at radius 1 is 0.515 bits per heavy atom. The first-order chi connectivity index (χ1) is 15.7. The standard InChI is InChI=1S/C23H14O10/c24-19(25)13-5-1-3-7-15(13)22(30)32-12-9-10-18(17(11-12)21(28)29)33-23(31)16-8-4-2-6-14(16)20(26)27/h1-11H,(H,24,25)(H,26,27)(H,28,29). The van der Waals surface area contributed by atoms with Gasteiger partial charge in [0.25, 0.3) is 0 Å². The molecule has 0 unspecified atom stereocenters. The minimum atomic E-state index is -1.52. The van der Waals surface area contributed by atoms with Gasteiger partial charge in [0.15, 0.2) is 0 Å². The van der Waals surface area contributed by atoms with E-state index >= 15 is 0 Å². The Morgan fingerprint density at radius 3 is 1.39 bits per heavy atom. The molecule has 0 atom stereocenters. The van der Waals surface area contributed by atoms with E-state index in [1.54, 1.807) is 0 Å². The van der Waals surface area contributed by atoms with Crippen molar-refractivity contribution in [3.63, 3.8) is 0 Å². The molecule has 0 aliphatic rings. The number of ether oxygens (including phenoxy) is 2. The Hall–Kier alpha value is -4.99. The van der Waals surface area contributed by atoms with Crippen molar-refractivity contribution in [2.75, 3.05) is 0 Å². The zero-order chi connectivity index (χ0) is 24.1. The normalized spacial score (nSPS) is 10.2. The topological polar surface area (TPSA) is 164 Å². The highest BCUT2D eigenvalue weighted by atomic mass is 16.5. The molecule has 0 saturated heterocycles. The fourth-order valence-electron chi connectivity index (χ4n) is 2.84. The maximum Gasteiger partial charge on any atom is 0.344 e. The molecule has 3 rings (SSSR count). The number of hydrogen-bond donors (Lipinski definition) is 3. The highest BCUT2D eigenvalue weighted by Crippen LogP contribution is 2.27. The summed E-state index contributed by atoms with van der Waals surface area (Å²) in [5.74, 6) is -7.04. The van der Waals surface area contributed by atoms with Crippen molar-refractivity contribution in [3.05, 3.63) is 94.5 Å². The lowest BCUT2D eigenvalue weighted by Crippen LogP contribution is -2.16. The third-order valence-corrected chi connectivity index (χ3v) is 4.35. The van der Waals surface area contributed by atoms with Crippen LogP contribution in [0.4, 0.5) is 0 Å². The average molecular weight is 450 g/mol. The second kappa shape index (κ2) is 9.43. The Balaban J connectivity index is 1.88. The number of carbonyl (C=O) groups is 5. The number of hydrogen-bond acceptors (Lipinski definition) is 7. The molecule has 0 fully saturated rings. The summed E-state index contributed by atoms with van der Waals surface area (Å²) in [6.45, 7) is 0. The molecule has 3 aromatic carbocycles. The number of benzene rings is 3. The lowest BCUT2D eigenvalue weighted by atomic mass is 10.1. The van der Waals surface area contributed by atoms with Crippen LogP contribution in [-0.2, 0) is 0 Å². The molecule has 0 aliphatic carbocycles. The van der Waals surface area contributed by atoms with E-state index in [4.69, 9.17) is 9.47 Å². The lowest BCUT2D eigenvalue weighted by molar-refractivity contribution is 0.0650. The molecule has 10 nitrogen and oxygen atoms in total. The van der Waals surface area contributed by atoms with Gasteiger partial charge in [-0.3, -0.25) is 0 Å². The molecule has 10 heteroatoms. The number of rotatable bonds is 7. The number of carboxylic acid groups (broad SMARTS) is 3. The molecule has 0 heterocycles. The van der Waals surface area contributed by atoms with Crippen LogP contribution in [0.1, 0.15) is 51.8 Å². The number of carbonyl (C=O) groups excluding carboxylic acids is 2. The fraction of sp³-hybridized carbons (Fsp3) is 0. The van der Waals surface area contributed by atoms with Crippen LogP contribution < -0.4 is 9.47 Å². The summed E-state index contributed by atoms with van der Waals surface area (Å²) in [4.78, 5) is 59.1. The second-order valence-electron chi connectivity index (χ2n) is 6.44. The predicted molar refractivity (Wildman–Crippen MR) is 110 cm³/mol.